The van der Waals surface area contributed by atoms with Gasteiger partial charge in [-0.15, -0.1) is 0 Å². The topological polar surface area (TPSA) is 50.3 Å². The first-order chi connectivity index (χ1) is 7.81. The standard InChI is InChI=1S/C11H15ClN2O2S/c1-11(2)5-6-14(8-11)17(15,16)9-3-4-10(12)13-7-9/h3-4,7H,5-6,8H2,1-2H3. The highest BCUT2D eigenvalue weighted by Gasteiger charge is 2.36. The first kappa shape index (κ1) is 12.8. The highest BCUT2D eigenvalue weighted by molar-refractivity contribution is 7.89. The zero-order valence-corrected chi connectivity index (χ0v) is 11.4. The van der Waals surface area contributed by atoms with E-state index in [1.54, 1.807) is 0 Å². The lowest BCUT2D eigenvalue weighted by Crippen LogP contribution is -2.30. The normalized spacial score (nSPS) is 20.6. The molecule has 1 fully saturated rings. The van der Waals surface area contributed by atoms with Gasteiger partial charge in [-0.1, -0.05) is 25.4 Å². The summed E-state index contributed by atoms with van der Waals surface area (Å²) in [6, 6.07) is 2.99. The van der Waals surface area contributed by atoms with Gasteiger partial charge < -0.3 is 0 Å². The Balaban J connectivity index is 2.29. The van der Waals surface area contributed by atoms with E-state index in [1.165, 1.54) is 22.6 Å². The molecule has 94 valence electrons. The van der Waals surface area contributed by atoms with E-state index in [0.717, 1.165) is 6.42 Å². The van der Waals surface area contributed by atoms with Crippen LogP contribution in [-0.2, 0) is 10.0 Å². The zero-order valence-electron chi connectivity index (χ0n) is 9.85. The van der Waals surface area contributed by atoms with Crippen LogP contribution >= 0.6 is 11.6 Å². The molecule has 6 heteroatoms. The van der Waals surface area contributed by atoms with Crippen molar-refractivity contribution >= 4 is 21.6 Å². The number of nitrogens with zero attached hydrogens (tertiary/aromatic N) is 2. The summed E-state index contributed by atoms with van der Waals surface area (Å²) in [5.74, 6) is 0. The van der Waals surface area contributed by atoms with Gasteiger partial charge in [0.2, 0.25) is 10.0 Å². The minimum atomic E-state index is -3.41. The van der Waals surface area contributed by atoms with E-state index in [9.17, 15) is 8.42 Å². The molecule has 1 aromatic rings. The highest BCUT2D eigenvalue weighted by Crippen LogP contribution is 2.32. The molecule has 0 amide bonds. The molecule has 0 bridgehead atoms. The Morgan fingerprint density at radius 3 is 2.59 bits per heavy atom. The monoisotopic (exact) mass is 274 g/mol. The molecular weight excluding hydrogens is 260 g/mol. The molecule has 1 saturated heterocycles. The maximum Gasteiger partial charge on any atom is 0.244 e. The molecule has 1 aliphatic rings. The van der Waals surface area contributed by atoms with Crippen molar-refractivity contribution in [2.45, 2.75) is 25.2 Å². The molecule has 0 radical (unpaired) electrons. The number of hydrogen-bond donors (Lipinski definition) is 0. The minimum absolute atomic E-state index is 0.0485. The predicted molar refractivity (Wildman–Crippen MR) is 66.4 cm³/mol. The third-order valence-corrected chi connectivity index (χ3v) is 5.03. The first-order valence-corrected chi connectivity index (χ1v) is 7.25. The summed E-state index contributed by atoms with van der Waals surface area (Å²) < 4.78 is 26.1. The van der Waals surface area contributed by atoms with Crippen molar-refractivity contribution in [3.8, 4) is 0 Å². The van der Waals surface area contributed by atoms with Gasteiger partial charge in [0.25, 0.3) is 0 Å². The molecule has 0 atom stereocenters. The fraction of sp³-hybridized carbons (Fsp3) is 0.545. The molecule has 4 nitrogen and oxygen atoms in total. The van der Waals surface area contributed by atoms with E-state index in [1.807, 2.05) is 0 Å². The van der Waals surface area contributed by atoms with Gasteiger partial charge in [-0.25, -0.2) is 13.4 Å². The quantitative estimate of drug-likeness (QED) is 0.777. The van der Waals surface area contributed by atoms with Crippen molar-refractivity contribution in [3.63, 3.8) is 0 Å². The van der Waals surface area contributed by atoms with Gasteiger partial charge >= 0.3 is 0 Å². The van der Waals surface area contributed by atoms with Crippen molar-refractivity contribution in [3.05, 3.63) is 23.5 Å². The van der Waals surface area contributed by atoms with Gasteiger partial charge in [-0.3, -0.25) is 0 Å². The van der Waals surface area contributed by atoms with E-state index in [4.69, 9.17) is 11.6 Å². The molecule has 17 heavy (non-hydrogen) atoms. The smallest absolute Gasteiger partial charge is 0.243 e. The fourth-order valence-corrected chi connectivity index (χ4v) is 3.62. The molecule has 2 rings (SSSR count). The Morgan fingerprint density at radius 1 is 1.41 bits per heavy atom. The van der Waals surface area contributed by atoms with Gasteiger partial charge in [0.15, 0.2) is 0 Å². The molecule has 2 heterocycles. The Kier molecular flexibility index (Phi) is 3.18. The summed E-state index contributed by atoms with van der Waals surface area (Å²) >= 11 is 5.65. The summed E-state index contributed by atoms with van der Waals surface area (Å²) in [6.07, 6.45) is 2.19. The number of aromatic nitrogens is 1. The molecule has 0 aliphatic carbocycles. The number of hydrogen-bond acceptors (Lipinski definition) is 3. The lowest BCUT2D eigenvalue weighted by atomic mass is 9.93. The van der Waals surface area contributed by atoms with E-state index < -0.39 is 10.0 Å². The van der Waals surface area contributed by atoms with Crippen LogP contribution in [0.4, 0.5) is 0 Å². The van der Waals surface area contributed by atoms with Crippen molar-refractivity contribution in [1.29, 1.82) is 0 Å². The lowest BCUT2D eigenvalue weighted by Gasteiger charge is -2.19. The first-order valence-electron chi connectivity index (χ1n) is 5.43. The molecule has 0 spiro atoms. The Labute approximate surface area is 107 Å². The Morgan fingerprint density at radius 2 is 2.12 bits per heavy atom. The predicted octanol–water partition coefficient (Wildman–Crippen LogP) is 2.16. The second-order valence-corrected chi connectivity index (χ2v) is 7.39. The van der Waals surface area contributed by atoms with Gasteiger partial charge in [0.05, 0.1) is 0 Å². The van der Waals surface area contributed by atoms with E-state index >= 15 is 0 Å². The van der Waals surface area contributed by atoms with Crippen molar-refractivity contribution in [2.24, 2.45) is 5.41 Å². The number of sulfonamides is 1. The Bertz CT molecular complexity index is 511. The number of halogens is 1. The highest BCUT2D eigenvalue weighted by atomic mass is 35.5. The maximum absolute atomic E-state index is 12.3. The molecular formula is C11H15ClN2O2S. The van der Waals surface area contributed by atoms with E-state index in [0.29, 0.717) is 18.2 Å². The average Bonchev–Trinajstić information content (AvgIpc) is 2.60. The molecule has 1 aromatic heterocycles. The summed E-state index contributed by atoms with van der Waals surface area (Å²) in [4.78, 5) is 4.02. The van der Waals surface area contributed by atoms with Gasteiger partial charge in [0, 0.05) is 19.3 Å². The van der Waals surface area contributed by atoms with Crippen LogP contribution < -0.4 is 0 Å². The molecule has 0 N–H and O–H groups in total. The molecule has 1 aliphatic heterocycles. The van der Waals surface area contributed by atoms with E-state index in [2.05, 4.69) is 18.8 Å². The summed E-state index contributed by atoms with van der Waals surface area (Å²) in [6.45, 7) is 5.27. The summed E-state index contributed by atoms with van der Waals surface area (Å²) in [5, 5.41) is 0.297. The second kappa shape index (κ2) is 4.23. The van der Waals surface area contributed by atoms with Crippen LogP contribution in [0.5, 0.6) is 0 Å². The third-order valence-electron chi connectivity index (χ3n) is 2.98. The molecule has 0 unspecified atom stereocenters. The van der Waals surface area contributed by atoms with Gasteiger partial charge in [-0.2, -0.15) is 4.31 Å². The summed E-state index contributed by atoms with van der Waals surface area (Å²) in [5.41, 5.74) is 0.0485. The fourth-order valence-electron chi connectivity index (χ4n) is 1.93. The van der Waals surface area contributed by atoms with Gasteiger partial charge in [0.1, 0.15) is 10.0 Å². The van der Waals surface area contributed by atoms with Crippen LogP contribution in [0.15, 0.2) is 23.2 Å². The molecule has 0 aromatic carbocycles. The van der Waals surface area contributed by atoms with Crippen molar-refractivity contribution in [1.82, 2.24) is 9.29 Å². The summed E-state index contributed by atoms with van der Waals surface area (Å²) in [7, 11) is -3.41. The minimum Gasteiger partial charge on any atom is -0.243 e. The van der Waals surface area contributed by atoms with Crippen LogP contribution in [0.1, 0.15) is 20.3 Å². The van der Waals surface area contributed by atoms with Crippen LogP contribution in [0.3, 0.4) is 0 Å². The SMILES string of the molecule is CC1(C)CCN(S(=O)(=O)c2ccc(Cl)nc2)C1. The number of rotatable bonds is 2. The third kappa shape index (κ3) is 2.61. The lowest BCUT2D eigenvalue weighted by molar-refractivity contribution is 0.375. The van der Waals surface area contributed by atoms with Gasteiger partial charge in [-0.05, 0) is 24.0 Å². The Hall–Kier alpha value is -0.650. The van der Waals surface area contributed by atoms with Crippen LogP contribution in [0, 0.1) is 5.41 Å². The molecule has 0 saturated carbocycles. The van der Waals surface area contributed by atoms with Crippen LogP contribution in [0.25, 0.3) is 0 Å². The largest absolute Gasteiger partial charge is 0.244 e. The average molecular weight is 275 g/mol. The zero-order chi connectivity index (χ0) is 12.7. The second-order valence-electron chi connectivity index (χ2n) is 5.07. The number of pyridine rings is 1. The van der Waals surface area contributed by atoms with Crippen molar-refractivity contribution in [2.75, 3.05) is 13.1 Å². The van der Waals surface area contributed by atoms with Crippen LogP contribution in [0.2, 0.25) is 5.15 Å². The van der Waals surface area contributed by atoms with Crippen LogP contribution in [-0.4, -0.2) is 30.8 Å². The van der Waals surface area contributed by atoms with Crippen molar-refractivity contribution < 1.29 is 8.42 Å². The maximum atomic E-state index is 12.3. The van der Waals surface area contributed by atoms with E-state index in [-0.39, 0.29) is 10.3 Å².